The lowest BCUT2D eigenvalue weighted by Gasteiger charge is -2.08. The first-order valence-electron chi connectivity index (χ1n) is 4.17. The second-order valence-corrected chi connectivity index (χ2v) is 4.23. The largest absolute Gasteiger partial charge is 0.394 e. The van der Waals surface area contributed by atoms with Crippen molar-refractivity contribution in [2.75, 3.05) is 12.3 Å². The van der Waals surface area contributed by atoms with Gasteiger partial charge in [-0.3, -0.25) is 0 Å². The molecule has 0 aliphatic carbocycles. The van der Waals surface area contributed by atoms with E-state index in [1.54, 1.807) is 6.92 Å². The number of primary sulfonamides is 1. The maximum Gasteiger partial charge on any atom is 0.240 e. The molecule has 0 saturated heterocycles. The molecule has 0 amide bonds. The summed E-state index contributed by atoms with van der Waals surface area (Å²) in [6, 6.07) is 4.24. The molecule has 0 fully saturated rings. The fourth-order valence-corrected chi connectivity index (χ4v) is 1.64. The first-order chi connectivity index (χ1) is 6.96. The lowest BCUT2D eigenvalue weighted by molar-refractivity contribution is -0.201. The Balaban J connectivity index is 3.12. The summed E-state index contributed by atoms with van der Waals surface area (Å²) >= 11 is 0. The molecule has 0 atom stereocenters. The van der Waals surface area contributed by atoms with Crippen molar-refractivity contribution in [2.24, 2.45) is 5.14 Å². The maximum atomic E-state index is 11.1. The first-order valence-corrected chi connectivity index (χ1v) is 5.72. The van der Waals surface area contributed by atoms with Crippen LogP contribution in [0.3, 0.4) is 0 Å². The molecule has 84 valence electrons. The average Bonchev–Trinajstić information content (AvgIpc) is 2.14. The number of hydrogen-bond donors (Lipinski definition) is 2. The lowest BCUT2D eigenvalue weighted by Crippen LogP contribution is -2.15. The zero-order valence-electron chi connectivity index (χ0n) is 8.14. The monoisotopic (exact) mass is 232 g/mol. The standard InChI is InChI=1S/C8H12N2O4S/c1-2-13-14-6-4-3-5-7(8(6)9)15(10,11)12/h3-5H,2,9H2,1H3,(H2,10,11,12). The Bertz CT molecular complexity index is 444. The Kier molecular flexibility index (Phi) is 3.51. The van der Waals surface area contributed by atoms with Crippen LogP contribution in [-0.2, 0) is 14.9 Å². The predicted octanol–water partition coefficient (Wildman–Crippen LogP) is 0.247. The van der Waals surface area contributed by atoms with Crippen LogP contribution in [0.25, 0.3) is 0 Å². The molecule has 7 heteroatoms. The number of nitrogens with two attached hydrogens (primary N) is 2. The van der Waals surface area contributed by atoms with E-state index >= 15 is 0 Å². The van der Waals surface area contributed by atoms with Crippen LogP contribution in [0, 0.1) is 0 Å². The van der Waals surface area contributed by atoms with E-state index in [1.165, 1.54) is 18.2 Å². The van der Waals surface area contributed by atoms with Crippen LogP contribution in [0.1, 0.15) is 6.92 Å². The Labute approximate surface area is 87.8 Å². The molecule has 1 rings (SSSR count). The van der Waals surface area contributed by atoms with Gasteiger partial charge in [-0.15, -0.1) is 0 Å². The van der Waals surface area contributed by atoms with Gasteiger partial charge in [-0.25, -0.2) is 13.6 Å². The molecule has 1 aromatic carbocycles. The van der Waals surface area contributed by atoms with Gasteiger partial charge in [0.1, 0.15) is 4.90 Å². The van der Waals surface area contributed by atoms with E-state index in [9.17, 15) is 8.42 Å². The molecule has 6 nitrogen and oxygen atoms in total. The van der Waals surface area contributed by atoms with E-state index in [0.717, 1.165) is 0 Å². The molecular weight excluding hydrogens is 220 g/mol. The first kappa shape index (κ1) is 11.8. The van der Waals surface area contributed by atoms with Crippen molar-refractivity contribution < 1.29 is 18.2 Å². The second kappa shape index (κ2) is 4.47. The van der Waals surface area contributed by atoms with Gasteiger partial charge in [-0.05, 0) is 19.1 Å². The molecule has 0 bridgehead atoms. The number of rotatable bonds is 4. The van der Waals surface area contributed by atoms with E-state index in [2.05, 4.69) is 4.89 Å². The number of benzene rings is 1. The third-order valence-corrected chi connectivity index (χ3v) is 2.57. The van der Waals surface area contributed by atoms with Crippen molar-refractivity contribution >= 4 is 15.7 Å². The molecule has 0 spiro atoms. The number of anilines is 1. The second-order valence-electron chi connectivity index (χ2n) is 2.70. The number of para-hydroxylation sites is 1. The summed E-state index contributed by atoms with van der Waals surface area (Å²) in [5, 5.41) is 4.95. The summed E-state index contributed by atoms with van der Waals surface area (Å²) in [6.07, 6.45) is 0. The summed E-state index contributed by atoms with van der Waals surface area (Å²) in [7, 11) is -3.84. The molecule has 1 aromatic rings. The van der Waals surface area contributed by atoms with Crippen LogP contribution in [0.15, 0.2) is 23.1 Å². The smallest absolute Gasteiger partial charge is 0.240 e. The van der Waals surface area contributed by atoms with Gasteiger partial charge in [-0.1, -0.05) is 6.07 Å². The minimum atomic E-state index is -3.84. The minimum Gasteiger partial charge on any atom is -0.394 e. The SMILES string of the molecule is CCOOc1cccc(S(N)(=O)=O)c1N. The van der Waals surface area contributed by atoms with E-state index in [-0.39, 0.29) is 16.3 Å². The van der Waals surface area contributed by atoms with E-state index in [0.29, 0.717) is 6.61 Å². The third kappa shape index (κ3) is 2.82. The van der Waals surface area contributed by atoms with Gasteiger partial charge in [0, 0.05) is 0 Å². The summed E-state index contributed by atoms with van der Waals surface area (Å²) in [4.78, 5) is 9.25. The zero-order valence-corrected chi connectivity index (χ0v) is 8.95. The van der Waals surface area contributed by atoms with Crippen molar-refractivity contribution in [3.05, 3.63) is 18.2 Å². The zero-order chi connectivity index (χ0) is 11.5. The Morgan fingerprint density at radius 3 is 2.60 bits per heavy atom. The third-order valence-electron chi connectivity index (χ3n) is 1.60. The molecule has 0 radical (unpaired) electrons. The van der Waals surface area contributed by atoms with Crippen molar-refractivity contribution in [3.8, 4) is 5.75 Å². The van der Waals surface area contributed by atoms with Gasteiger partial charge in [0.05, 0.1) is 12.3 Å². The number of sulfonamides is 1. The maximum absolute atomic E-state index is 11.1. The predicted molar refractivity (Wildman–Crippen MR) is 54.5 cm³/mol. The molecule has 15 heavy (non-hydrogen) atoms. The fourth-order valence-electron chi connectivity index (χ4n) is 0.967. The van der Waals surface area contributed by atoms with Crippen molar-refractivity contribution in [3.63, 3.8) is 0 Å². The highest BCUT2D eigenvalue weighted by atomic mass is 32.2. The van der Waals surface area contributed by atoms with E-state index in [1.807, 2.05) is 0 Å². The van der Waals surface area contributed by atoms with Crippen LogP contribution in [0.5, 0.6) is 5.75 Å². The Hall–Kier alpha value is -1.31. The number of nitrogen functional groups attached to an aromatic ring is 1. The van der Waals surface area contributed by atoms with Gasteiger partial charge < -0.3 is 10.6 Å². The van der Waals surface area contributed by atoms with Crippen molar-refractivity contribution in [1.29, 1.82) is 0 Å². The molecule has 0 saturated carbocycles. The summed E-state index contributed by atoms with van der Waals surface area (Å²) in [6.45, 7) is 2.04. The molecule has 0 aliphatic heterocycles. The highest BCUT2D eigenvalue weighted by Crippen LogP contribution is 2.27. The molecule has 0 aliphatic rings. The summed E-state index contributed by atoms with van der Waals surface area (Å²) < 4.78 is 22.2. The molecule has 0 unspecified atom stereocenters. The lowest BCUT2D eigenvalue weighted by atomic mass is 10.3. The van der Waals surface area contributed by atoms with Gasteiger partial charge in [0.15, 0.2) is 5.75 Å². The molecule has 4 N–H and O–H groups in total. The molecule has 0 heterocycles. The highest BCUT2D eigenvalue weighted by molar-refractivity contribution is 7.89. The summed E-state index contributed by atoms with van der Waals surface area (Å²) in [5.41, 5.74) is 5.48. The van der Waals surface area contributed by atoms with Gasteiger partial charge in [0.2, 0.25) is 10.0 Å². The summed E-state index contributed by atoms with van der Waals surface area (Å²) in [5.74, 6) is 0.128. The van der Waals surface area contributed by atoms with Gasteiger partial charge in [-0.2, -0.15) is 4.89 Å². The van der Waals surface area contributed by atoms with Gasteiger partial charge in [0.25, 0.3) is 0 Å². The minimum absolute atomic E-state index is 0.0616. The topological polar surface area (TPSA) is 105 Å². The quantitative estimate of drug-likeness (QED) is 0.439. The van der Waals surface area contributed by atoms with Gasteiger partial charge >= 0.3 is 0 Å². The average molecular weight is 232 g/mol. The van der Waals surface area contributed by atoms with Crippen LogP contribution in [-0.4, -0.2) is 15.0 Å². The van der Waals surface area contributed by atoms with Crippen LogP contribution in [0.4, 0.5) is 5.69 Å². The van der Waals surface area contributed by atoms with E-state index < -0.39 is 10.0 Å². The Morgan fingerprint density at radius 2 is 2.07 bits per heavy atom. The van der Waals surface area contributed by atoms with Crippen molar-refractivity contribution in [1.82, 2.24) is 0 Å². The van der Waals surface area contributed by atoms with E-state index in [4.69, 9.17) is 15.8 Å². The highest BCUT2D eigenvalue weighted by Gasteiger charge is 2.15. The number of hydrogen-bond acceptors (Lipinski definition) is 5. The van der Waals surface area contributed by atoms with Crippen LogP contribution in [0.2, 0.25) is 0 Å². The van der Waals surface area contributed by atoms with Crippen LogP contribution < -0.4 is 15.8 Å². The Morgan fingerprint density at radius 1 is 1.40 bits per heavy atom. The van der Waals surface area contributed by atoms with Crippen LogP contribution >= 0.6 is 0 Å². The normalized spacial score (nSPS) is 11.3. The fraction of sp³-hybridized carbons (Fsp3) is 0.250. The molecule has 0 aromatic heterocycles. The molecular formula is C8H12N2O4S. The van der Waals surface area contributed by atoms with Crippen molar-refractivity contribution in [2.45, 2.75) is 11.8 Å².